The highest BCUT2D eigenvalue weighted by Gasteiger charge is 2.19. The largest absolute Gasteiger partial charge is 0.489 e. The third-order valence-electron chi connectivity index (χ3n) is 3.69. The molecule has 0 bridgehead atoms. The standard InChI is InChI=1S/C20H21Cl2NO6/c1-4-27-12-29-19-16(21)9-14(10-17(19)22)28-11-13-7-5-6-8-15(13)18(23-26-3)20(24)25-2/h5-10H,4,11-12H2,1-3H3/b23-18+. The minimum Gasteiger partial charge on any atom is -0.489 e. The van der Waals surface area contributed by atoms with Crippen molar-refractivity contribution in [3.63, 3.8) is 0 Å². The summed E-state index contributed by atoms with van der Waals surface area (Å²) in [4.78, 5) is 16.8. The van der Waals surface area contributed by atoms with Crippen LogP contribution in [0.25, 0.3) is 0 Å². The van der Waals surface area contributed by atoms with E-state index in [4.69, 9.17) is 47.0 Å². The fourth-order valence-corrected chi connectivity index (χ4v) is 2.94. The van der Waals surface area contributed by atoms with E-state index < -0.39 is 5.97 Å². The molecule has 0 aromatic heterocycles. The summed E-state index contributed by atoms with van der Waals surface area (Å²) >= 11 is 12.5. The molecule has 2 aromatic rings. The molecule has 0 N–H and O–H groups in total. The predicted octanol–water partition coefficient (Wildman–Crippen LogP) is 4.47. The monoisotopic (exact) mass is 441 g/mol. The molecular formula is C20H21Cl2NO6. The molecule has 0 spiro atoms. The quantitative estimate of drug-likeness (QED) is 0.178. The number of benzene rings is 2. The lowest BCUT2D eigenvalue weighted by Gasteiger charge is -2.14. The number of esters is 1. The van der Waals surface area contributed by atoms with Crippen molar-refractivity contribution in [3.05, 3.63) is 57.6 Å². The van der Waals surface area contributed by atoms with Crippen LogP contribution in [0.5, 0.6) is 11.5 Å². The van der Waals surface area contributed by atoms with E-state index in [2.05, 4.69) is 5.16 Å². The van der Waals surface area contributed by atoms with Crippen LogP contribution in [-0.2, 0) is 25.7 Å². The van der Waals surface area contributed by atoms with Crippen molar-refractivity contribution in [1.82, 2.24) is 0 Å². The van der Waals surface area contributed by atoms with Gasteiger partial charge in [0.05, 0.1) is 17.2 Å². The van der Waals surface area contributed by atoms with Crippen LogP contribution < -0.4 is 9.47 Å². The van der Waals surface area contributed by atoms with E-state index in [1.807, 2.05) is 13.0 Å². The SMILES string of the molecule is CCOCOc1c(Cl)cc(OCc2ccccc2/C(=N\OC)C(=O)OC)cc1Cl. The van der Waals surface area contributed by atoms with Crippen LogP contribution in [0.4, 0.5) is 0 Å². The van der Waals surface area contributed by atoms with E-state index in [1.165, 1.54) is 14.2 Å². The molecule has 0 fully saturated rings. The van der Waals surface area contributed by atoms with Gasteiger partial charge in [0.2, 0.25) is 0 Å². The average Bonchev–Trinajstić information content (AvgIpc) is 2.72. The van der Waals surface area contributed by atoms with Gasteiger partial charge >= 0.3 is 5.97 Å². The number of carbonyl (C=O) groups excluding carboxylic acids is 1. The molecule has 0 unspecified atom stereocenters. The lowest BCUT2D eigenvalue weighted by atomic mass is 10.0. The normalized spacial score (nSPS) is 11.1. The fourth-order valence-electron chi connectivity index (χ4n) is 2.36. The van der Waals surface area contributed by atoms with Crippen LogP contribution in [0.3, 0.4) is 0 Å². The van der Waals surface area contributed by atoms with E-state index in [1.54, 1.807) is 30.3 Å². The molecule has 0 aliphatic rings. The Morgan fingerprint density at radius 1 is 1.07 bits per heavy atom. The molecule has 156 valence electrons. The van der Waals surface area contributed by atoms with Gasteiger partial charge in [-0.25, -0.2) is 4.79 Å². The van der Waals surface area contributed by atoms with Crippen molar-refractivity contribution < 1.29 is 28.6 Å². The molecule has 2 aromatic carbocycles. The van der Waals surface area contributed by atoms with Crippen molar-refractivity contribution in [2.75, 3.05) is 27.6 Å². The van der Waals surface area contributed by atoms with E-state index in [9.17, 15) is 4.79 Å². The summed E-state index contributed by atoms with van der Waals surface area (Å²) in [7, 11) is 2.62. The number of halogens is 2. The second kappa shape index (κ2) is 11.5. The predicted molar refractivity (Wildman–Crippen MR) is 110 cm³/mol. The Balaban J connectivity index is 2.20. The number of carbonyl (C=O) groups is 1. The van der Waals surface area contributed by atoms with Gasteiger partial charge in [-0.2, -0.15) is 0 Å². The van der Waals surface area contributed by atoms with Crippen molar-refractivity contribution >= 4 is 34.9 Å². The molecule has 0 amide bonds. The Morgan fingerprint density at radius 3 is 2.38 bits per heavy atom. The molecule has 7 nitrogen and oxygen atoms in total. The van der Waals surface area contributed by atoms with Gasteiger partial charge in [0.1, 0.15) is 19.5 Å². The molecule has 9 heteroatoms. The Labute approximate surface area is 179 Å². The number of hydrogen-bond acceptors (Lipinski definition) is 7. The molecule has 2 rings (SSSR count). The van der Waals surface area contributed by atoms with E-state index >= 15 is 0 Å². The van der Waals surface area contributed by atoms with Gasteiger partial charge in [0.15, 0.2) is 18.3 Å². The number of rotatable bonds is 10. The Kier molecular flexibility index (Phi) is 9.05. The van der Waals surface area contributed by atoms with Crippen molar-refractivity contribution in [3.8, 4) is 11.5 Å². The summed E-state index contributed by atoms with van der Waals surface area (Å²) in [6.07, 6.45) is 0. The number of ether oxygens (including phenoxy) is 4. The van der Waals surface area contributed by atoms with Crippen molar-refractivity contribution in [2.45, 2.75) is 13.5 Å². The van der Waals surface area contributed by atoms with Crippen LogP contribution in [0, 0.1) is 0 Å². The Hall–Kier alpha value is -2.48. The summed E-state index contributed by atoms with van der Waals surface area (Å²) in [6.45, 7) is 2.53. The van der Waals surface area contributed by atoms with Gasteiger partial charge < -0.3 is 23.8 Å². The van der Waals surface area contributed by atoms with Crippen LogP contribution in [0.1, 0.15) is 18.1 Å². The Bertz CT molecular complexity index is 849. The van der Waals surface area contributed by atoms with Gasteiger partial charge in [0, 0.05) is 24.3 Å². The Morgan fingerprint density at radius 2 is 1.76 bits per heavy atom. The maximum atomic E-state index is 12.0. The van der Waals surface area contributed by atoms with E-state index in [-0.39, 0.29) is 29.2 Å². The summed E-state index contributed by atoms with van der Waals surface area (Å²) < 4.78 is 21.1. The topological polar surface area (TPSA) is 75.6 Å². The van der Waals surface area contributed by atoms with Gasteiger partial charge in [-0.05, 0) is 12.5 Å². The first kappa shape index (κ1) is 22.8. The lowest BCUT2D eigenvalue weighted by molar-refractivity contribution is -0.132. The van der Waals surface area contributed by atoms with Crippen LogP contribution >= 0.6 is 23.2 Å². The van der Waals surface area contributed by atoms with Crippen LogP contribution in [-0.4, -0.2) is 39.3 Å². The zero-order valence-electron chi connectivity index (χ0n) is 16.2. The first-order valence-corrected chi connectivity index (χ1v) is 9.37. The number of nitrogens with zero attached hydrogens (tertiary/aromatic N) is 1. The van der Waals surface area contributed by atoms with E-state index in [0.717, 1.165) is 0 Å². The second-order valence-corrected chi connectivity index (χ2v) is 6.35. The molecular weight excluding hydrogens is 421 g/mol. The number of oxime groups is 1. The first-order chi connectivity index (χ1) is 14.0. The van der Waals surface area contributed by atoms with Gasteiger partial charge in [-0.1, -0.05) is 52.6 Å². The third kappa shape index (κ3) is 6.25. The highest BCUT2D eigenvalue weighted by atomic mass is 35.5. The minimum absolute atomic E-state index is 0.0323. The zero-order valence-corrected chi connectivity index (χ0v) is 17.7. The number of methoxy groups -OCH3 is 1. The lowest BCUT2D eigenvalue weighted by Crippen LogP contribution is -2.19. The molecule has 0 atom stereocenters. The molecule has 29 heavy (non-hydrogen) atoms. The minimum atomic E-state index is -0.624. The fraction of sp³-hybridized carbons (Fsp3) is 0.300. The molecule has 0 saturated heterocycles. The zero-order chi connectivity index (χ0) is 21.2. The van der Waals surface area contributed by atoms with E-state index in [0.29, 0.717) is 29.2 Å². The summed E-state index contributed by atoms with van der Waals surface area (Å²) in [5, 5.41) is 4.35. The maximum absolute atomic E-state index is 12.0. The highest BCUT2D eigenvalue weighted by Crippen LogP contribution is 2.37. The van der Waals surface area contributed by atoms with Crippen LogP contribution in [0.15, 0.2) is 41.6 Å². The summed E-state index contributed by atoms with van der Waals surface area (Å²) in [5.74, 6) is 0.123. The maximum Gasteiger partial charge on any atom is 0.360 e. The summed E-state index contributed by atoms with van der Waals surface area (Å²) in [5.41, 5.74) is 1.25. The molecule has 0 heterocycles. The first-order valence-electron chi connectivity index (χ1n) is 8.61. The van der Waals surface area contributed by atoms with Crippen molar-refractivity contribution in [2.24, 2.45) is 5.16 Å². The van der Waals surface area contributed by atoms with Crippen LogP contribution in [0.2, 0.25) is 10.0 Å². The van der Waals surface area contributed by atoms with Crippen molar-refractivity contribution in [1.29, 1.82) is 0 Å². The molecule has 0 radical (unpaired) electrons. The third-order valence-corrected chi connectivity index (χ3v) is 4.25. The molecule has 0 aliphatic carbocycles. The summed E-state index contributed by atoms with van der Waals surface area (Å²) in [6, 6.07) is 10.3. The molecule has 0 saturated carbocycles. The second-order valence-electron chi connectivity index (χ2n) is 5.53. The molecule has 0 aliphatic heterocycles. The van der Waals surface area contributed by atoms with Gasteiger partial charge in [0.25, 0.3) is 0 Å². The van der Waals surface area contributed by atoms with Gasteiger partial charge in [-0.3, -0.25) is 0 Å². The van der Waals surface area contributed by atoms with Gasteiger partial charge in [-0.15, -0.1) is 0 Å². The average molecular weight is 442 g/mol. The smallest absolute Gasteiger partial charge is 0.360 e. The highest BCUT2D eigenvalue weighted by molar-refractivity contribution is 6.43. The number of hydrogen-bond donors (Lipinski definition) is 0.